The average Bonchev–Trinajstić information content (AvgIpc) is 3.33. The number of benzene rings is 2. The van der Waals surface area contributed by atoms with E-state index in [1.54, 1.807) is 18.2 Å². The Morgan fingerprint density at radius 1 is 1.21 bits per heavy atom. The van der Waals surface area contributed by atoms with Crippen molar-refractivity contribution < 1.29 is 27.8 Å². The molecule has 0 aliphatic carbocycles. The quantitative estimate of drug-likeness (QED) is 0.138. The molecule has 3 N–H and O–H groups in total. The first kappa shape index (κ1) is 29.0. The minimum atomic E-state index is -0.947. The second-order valence-electron chi connectivity index (χ2n) is 10.3. The van der Waals surface area contributed by atoms with Gasteiger partial charge in [-0.15, -0.1) is 0 Å². The van der Waals surface area contributed by atoms with Crippen LogP contribution in [0.5, 0.6) is 0 Å². The van der Waals surface area contributed by atoms with Gasteiger partial charge in [-0.1, -0.05) is 18.5 Å². The van der Waals surface area contributed by atoms with Crippen LogP contribution in [0, 0.1) is 29.7 Å². The monoisotopic (exact) mass is 595 g/mol. The smallest absolute Gasteiger partial charge is 0.411 e. The molecule has 1 aliphatic heterocycles. The number of aromatic nitrogens is 3. The number of aryl methyl sites for hydroxylation is 1. The van der Waals surface area contributed by atoms with Crippen molar-refractivity contribution >= 4 is 35.0 Å². The van der Waals surface area contributed by atoms with Crippen molar-refractivity contribution in [2.75, 3.05) is 17.7 Å². The Balaban J connectivity index is 1.60. The molecule has 5 rings (SSSR count). The van der Waals surface area contributed by atoms with Crippen LogP contribution in [0.3, 0.4) is 0 Å². The van der Waals surface area contributed by atoms with E-state index in [4.69, 9.17) is 16.6 Å². The molecule has 0 saturated heterocycles. The minimum Gasteiger partial charge on any atom is -0.618 e. The molecule has 2 bridgehead atoms. The van der Waals surface area contributed by atoms with Gasteiger partial charge in [0.05, 0.1) is 34.6 Å². The molecule has 3 heterocycles. The van der Waals surface area contributed by atoms with E-state index in [1.807, 2.05) is 13.8 Å². The Morgan fingerprint density at radius 2 is 2.00 bits per heavy atom. The molecule has 9 nitrogen and oxygen atoms in total. The lowest BCUT2D eigenvalue weighted by atomic mass is 9.88. The molecule has 0 fully saturated rings. The van der Waals surface area contributed by atoms with Crippen molar-refractivity contribution in [2.24, 2.45) is 5.92 Å². The van der Waals surface area contributed by atoms with Crippen LogP contribution < -0.4 is 15.4 Å². The Bertz CT molecular complexity index is 1690. The van der Waals surface area contributed by atoms with Gasteiger partial charge in [-0.2, -0.15) is 4.73 Å². The molecule has 0 saturated carbocycles. The lowest BCUT2D eigenvalue weighted by molar-refractivity contribution is -0.614. The maximum absolute atomic E-state index is 14.7. The number of hydrogen-bond acceptors (Lipinski definition) is 5. The van der Waals surface area contributed by atoms with Gasteiger partial charge in [0.1, 0.15) is 17.6 Å². The van der Waals surface area contributed by atoms with Crippen LogP contribution in [0.4, 0.5) is 25.0 Å². The van der Waals surface area contributed by atoms with Gasteiger partial charge < -0.3 is 20.2 Å². The fraction of sp³-hybridized carbons (Fsp3) is 0.267. The third kappa shape index (κ3) is 5.78. The molecule has 2 aromatic heterocycles. The summed E-state index contributed by atoms with van der Waals surface area (Å²) in [7, 11) is 1.25. The number of imidazole rings is 1. The molecule has 0 spiro atoms. The molecule has 42 heavy (non-hydrogen) atoms. The highest BCUT2D eigenvalue weighted by Crippen LogP contribution is 2.37. The number of nitrogens with one attached hydrogen (secondary N) is 3. The number of fused-ring (bicyclic) bond motifs is 4. The zero-order valence-electron chi connectivity index (χ0n) is 23.1. The van der Waals surface area contributed by atoms with E-state index < -0.39 is 23.6 Å². The van der Waals surface area contributed by atoms with E-state index >= 15 is 0 Å². The summed E-state index contributed by atoms with van der Waals surface area (Å²) < 4.78 is 34.5. The third-order valence-electron chi connectivity index (χ3n) is 7.35. The average molecular weight is 596 g/mol. The normalized spacial score (nSPS) is 17.0. The summed E-state index contributed by atoms with van der Waals surface area (Å²) >= 11 is 5.86. The fourth-order valence-electron chi connectivity index (χ4n) is 5.20. The summed E-state index contributed by atoms with van der Waals surface area (Å²) in [6.45, 7) is 3.81. The van der Waals surface area contributed by atoms with Crippen LogP contribution >= 0.6 is 11.6 Å². The van der Waals surface area contributed by atoms with Crippen molar-refractivity contribution in [3.05, 3.63) is 87.7 Å². The Morgan fingerprint density at radius 3 is 2.74 bits per heavy atom. The van der Waals surface area contributed by atoms with Gasteiger partial charge in [-0.3, -0.25) is 10.1 Å². The van der Waals surface area contributed by atoms with E-state index in [0.29, 0.717) is 57.4 Å². The van der Waals surface area contributed by atoms with Crippen LogP contribution in [-0.4, -0.2) is 29.1 Å². The van der Waals surface area contributed by atoms with E-state index in [1.165, 1.54) is 19.2 Å². The number of pyridine rings is 1. The van der Waals surface area contributed by atoms with Gasteiger partial charge in [-0.05, 0) is 62.1 Å². The molecule has 12 heteroatoms. The Hall–Kier alpha value is -4.51. The number of carbonyl (C=O) groups is 2. The number of hydrogen-bond donors (Lipinski definition) is 3. The first-order valence-corrected chi connectivity index (χ1v) is 13.7. The maximum atomic E-state index is 14.7. The first-order valence-electron chi connectivity index (χ1n) is 13.3. The van der Waals surface area contributed by atoms with E-state index in [2.05, 4.69) is 20.4 Å². The van der Waals surface area contributed by atoms with E-state index in [0.717, 1.165) is 18.3 Å². The Kier molecular flexibility index (Phi) is 8.13. The van der Waals surface area contributed by atoms with Crippen LogP contribution in [0.1, 0.15) is 49.3 Å². The van der Waals surface area contributed by atoms with E-state index in [9.17, 15) is 23.6 Å². The number of nitrogens with zero attached hydrogens (tertiary/aromatic N) is 2. The van der Waals surface area contributed by atoms with Crippen molar-refractivity contribution in [1.29, 1.82) is 0 Å². The van der Waals surface area contributed by atoms with Gasteiger partial charge in [0.15, 0.2) is 12.0 Å². The fourth-order valence-corrected chi connectivity index (χ4v) is 5.35. The number of H-pyrrole nitrogens is 1. The predicted molar refractivity (Wildman–Crippen MR) is 154 cm³/mol. The molecule has 0 radical (unpaired) electrons. The summed E-state index contributed by atoms with van der Waals surface area (Å²) in [4.78, 5) is 32.8. The topological polar surface area (TPSA) is 123 Å². The number of aromatic amines is 1. The maximum Gasteiger partial charge on any atom is 0.411 e. The number of ether oxygens (including phenoxy) is 1. The lowest BCUT2D eigenvalue weighted by Crippen LogP contribution is -2.34. The zero-order chi connectivity index (χ0) is 30.1. The third-order valence-corrected chi connectivity index (χ3v) is 7.64. The molecule has 4 aromatic rings. The number of methoxy groups -OCH3 is 1. The van der Waals surface area contributed by atoms with Gasteiger partial charge in [0, 0.05) is 29.4 Å². The summed E-state index contributed by atoms with van der Waals surface area (Å²) in [6.07, 6.45) is 1.71. The molecular weight excluding hydrogens is 568 g/mol. The second kappa shape index (κ2) is 11.8. The molecule has 1 aliphatic rings. The SMILES string of the molecule is COC(=O)Nc1ccc2c(c1)NC(=O)CCC(C)CC(c1ccc(-c3c(F)ccc(Cl)c3F)c[n+]1[O-])c1nc-2c(C)[nH]1. The molecule has 2 amide bonds. The molecule has 2 atom stereocenters. The number of amides is 2. The Labute approximate surface area is 245 Å². The summed E-state index contributed by atoms with van der Waals surface area (Å²) in [5, 5.41) is 18.7. The summed E-state index contributed by atoms with van der Waals surface area (Å²) in [5.41, 5.74) is 2.73. The first-order chi connectivity index (χ1) is 20.0. The summed E-state index contributed by atoms with van der Waals surface area (Å²) in [6, 6.07) is 10.2. The largest absolute Gasteiger partial charge is 0.618 e. The predicted octanol–water partition coefficient (Wildman–Crippen LogP) is 6.69. The highest BCUT2D eigenvalue weighted by atomic mass is 35.5. The van der Waals surface area contributed by atoms with Crippen molar-refractivity contribution in [3.63, 3.8) is 0 Å². The van der Waals surface area contributed by atoms with Crippen molar-refractivity contribution in [3.8, 4) is 22.4 Å². The van der Waals surface area contributed by atoms with Crippen LogP contribution in [-0.2, 0) is 9.53 Å². The number of carbonyl (C=O) groups excluding carboxylic acids is 2. The van der Waals surface area contributed by atoms with Gasteiger partial charge >= 0.3 is 6.09 Å². The van der Waals surface area contributed by atoms with Gasteiger partial charge in [0.2, 0.25) is 11.6 Å². The van der Waals surface area contributed by atoms with Gasteiger partial charge in [-0.25, -0.2) is 18.6 Å². The van der Waals surface area contributed by atoms with Gasteiger partial charge in [0.25, 0.3) is 0 Å². The van der Waals surface area contributed by atoms with Crippen LogP contribution in [0.25, 0.3) is 22.4 Å². The molecular formula is C30H28ClF2N5O4. The molecule has 2 aromatic carbocycles. The zero-order valence-corrected chi connectivity index (χ0v) is 23.8. The molecule has 2 unspecified atom stereocenters. The van der Waals surface area contributed by atoms with Crippen molar-refractivity contribution in [1.82, 2.24) is 9.97 Å². The minimum absolute atomic E-state index is 0.00308. The highest BCUT2D eigenvalue weighted by Gasteiger charge is 2.30. The van der Waals surface area contributed by atoms with E-state index in [-0.39, 0.29) is 34.4 Å². The summed E-state index contributed by atoms with van der Waals surface area (Å²) in [5.74, 6) is -1.98. The number of halogens is 3. The van der Waals surface area contributed by atoms with Crippen LogP contribution in [0.2, 0.25) is 5.02 Å². The number of rotatable bonds is 3. The highest BCUT2D eigenvalue weighted by molar-refractivity contribution is 6.31. The second-order valence-corrected chi connectivity index (χ2v) is 10.7. The number of anilines is 2. The standard InChI is InChI=1S/C30H28ClF2N5O4/c1-15-4-11-25(39)36-23-13-18(35-30(40)42-3)6-7-19(23)28-16(2)34-29(37-28)20(12-15)24-10-5-17(14-38(24)41)26-22(32)9-8-21(31)27(26)33/h5-10,13-15,20H,4,11-12H2,1-3H3,(H,34,37)(H,35,40)(H,36,39). The lowest BCUT2D eigenvalue weighted by Gasteiger charge is -2.20. The van der Waals surface area contributed by atoms with Crippen molar-refractivity contribution in [2.45, 2.75) is 39.0 Å². The van der Waals surface area contributed by atoms with Crippen LogP contribution in [0.15, 0.2) is 48.7 Å². The molecule has 218 valence electrons.